The lowest BCUT2D eigenvalue weighted by Gasteiger charge is -2.50. The van der Waals surface area contributed by atoms with Gasteiger partial charge in [0.25, 0.3) is 0 Å². The zero-order valence-electron chi connectivity index (χ0n) is 8.66. The first-order valence-corrected chi connectivity index (χ1v) is 5.57. The molecule has 0 radical (unpaired) electrons. The van der Waals surface area contributed by atoms with Crippen molar-refractivity contribution in [2.45, 2.75) is 49.7 Å². The van der Waals surface area contributed by atoms with Crippen LogP contribution in [0.5, 0.6) is 0 Å². The number of aliphatic hydroxyl groups is 4. The van der Waals surface area contributed by atoms with Gasteiger partial charge in [0.15, 0.2) is 0 Å². The molecule has 2 heterocycles. The molecule has 2 rings (SSSR count). The summed E-state index contributed by atoms with van der Waals surface area (Å²) in [5.74, 6) is 0. The summed E-state index contributed by atoms with van der Waals surface area (Å²) in [6.07, 6.45) is -0.229. The quantitative estimate of drug-likeness (QED) is 0.421. The van der Waals surface area contributed by atoms with Crippen molar-refractivity contribution in [1.82, 2.24) is 4.90 Å². The lowest BCUT2D eigenvalue weighted by molar-refractivity contribution is -0.178. The van der Waals surface area contributed by atoms with Crippen molar-refractivity contribution in [3.05, 3.63) is 0 Å². The number of fused-ring (bicyclic) bond motifs is 1. The maximum absolute atomic E-state index is 9.82. The van der Waals surface area contributed by atoms with Gasteiger partial charge < -0.3 is 20.4 Å². The monoisotopic (exact) mass is 217 g/mol. The summed E-state index contributed by atoms with van der Waals surface area (Å²) in [5, 5.41) is 38.4. The first-order chi connectivity index (χ1) is 7.16. The summed E-state index contributed by atoms with van der Waals surface area (Å²) in [6, 6.07) is -0.553. The van der Waals surface area contributed by atoms with Gasteiger partial charge in [-0.1, -0.05) is 6.42 Å². The highest BCUT2D eigenvalue weighted by Crippen LogP contribution is 2.30. The molecule has 0 aromatic carbocycles. The molecule has 4 N–H and O–H groups in total. The van der Waals surface area contributed by atoms with Crippen molar-refractivity contribution in [2.75, 3.05) is 13.2 Å². The molecule has 15 heavy (non-hydrogen) atoms. The zero-order valence-corrected chi connectivity index (χ0v) is 8.66. The van der Waals surface area contributed by atoms with Crippen molar-refractivity contribution < 1.29 is 20.4 Å². The van der Waals surface area contributed by atoms with Gasteiger partial charge in [-0.05, 0) is 19.4 Å². The molecule has 2 saturated heterocycles. The van der Waals surface area contributed by atoms with Crippen molar-refractivity contribution in [3.63, 3.8) is 0 Å². The first kappa shape index (κ1) is 11.3. The van der Waals surface area contributed by atoms with Crippen molar-refractivity contribution in [1.29, 1.82) is 0 Å². The summed E-state index contributed by atoms with van der Waals surface area (Å²) in [4.78, 5) is 1.94. The lowest BCUT2D eigenvalue weighted by atomic mass is 9.83. The van der Waals surface area contributed by atoms with Crippen LogP contribution < -0.4 is 0 Å². The molecule has 5 atom stereocenters. The smallest absolute Gasteiger partial charge is 0.109 e. The molecule has 0 unspecified atom stereocenters. The van der Waals surface area contributed by atoms with Crippen molar-refractivity contribution in [3.8, 4) is 0 Å². The van der Waals surface area contributed by atoms with E-state index in [9.17, 15) is 20.4 Å². The number of piperidine rings is 2. The molecule has 0 aromatic rings. The molecular formula is C10H19NO4. The van der Waals surface area contributed by atoms with Crippen LogP contribution in [0.4, 0.5) is 0 Å². The van der Waals surface area contributed by atoms with E-state index in [1.807, 2.05) is 4.90 Å². The Morgan fingerprint density at radius 2 is 1.73 bits per heavy atom. The minimum absolute atomic E-state index is 0.116. The molecule has 0 amide bonds. The van der Waals surface area contributed by atoms with E-state index < -0.39 is 24.4 Å². The molecule has 2 aliphatic rings. The van der Waals surface area contributed by atoms with Crippen LogP contribution in [0.1, 0.15) is 19.3 Å². The Labute approximate surface area is 88.9 Å². The molecule has 5 nitrogen and oxygen atoms in total. The van der Waals surface area contributed by atoms with E-state index >= 15 is 0 Å². The largest absolute Gasteiger partial charge is 0.395 e. The van der Waals surface area contributed by atoms with Gasteiger partial charge in [-0.15, -0.1) is 0 Å². The Bertz CT molecular complexity index is 213. The van der Waals surface area contributed by atoms with Crippen LogP contribution in [0.2, 0.25) is 0 Å². The van der Waals surface area contributed by atoms with E-state index in [-0.39, 0.29) is 12.6 Å². The molecule has 5 heteroatoms. The second kappa shape index (κ2) is 4.35. The number of aliphatic hydroxyl groups excluding tert-OH is 4. The van der Waals surface area contributed by atoms with E-state index in [0.29, 0.717) is 0 Å². The van der Waals surface area contributed by atoms with E-state index in [1.165, 1.54) is 0 Å². The van der Waals surface area contributed by atoms with Crippen LogP contribution in [-0.2, 0) is 0 Å². The molecule has 0 bridgehead atoms. The Kier molecular flexibility index (Phi) is 3.27. The summed E-state index contributed by atoms with van der Waals surface area (Å²) in [5.41, 5.74) is 0. The maximum atomic E-state index is 9.82. The van der Waals surface area contributed by atoms with E-state index in [0.717, 1.165) is 25.8 Å². The van der Waals surface area contributed by atoms with E-state index in [4.69, 9.17) is 0 Å². The second-order valence-electron chi connectivity index (χ2n) is 4.52. The van der Waals surface area contributed by atoms with Crippen LogP contribution in [0.25, 0.3) is 0 Å². The highest BCUT2D eigenvalue weighted by Gasteiger charge is 2.47. The van der Waals surface area contributed by atoms with Gasteiger partial charge in [0.05, 0.1) is 18.8 Å². The summed E-state index contributed by atoms with van der Waals surface area (Å²) < 4.78 is 0. The fourth-order valence-electron chi connectivity index (χ4n) is 2.82. The van der Waals surface area contributed by atoms with Crippen molar-refractivity contribution >= 4 is 0 Å². The van der Waals surface area contributed by atoms with Gasteiger partial charge in [0.1, 0.15) is 12.2 Å². The van der Waals surface area contributed by atoms with Crippen LogP contribution in [0.3, 0.4) is 0 Å². The van der Waals surface area contributed by atoms with Gasteiger partial charge in [-0.25, -0.2) is 0 Å². The summed E-state index contributed by atoms with van der Waals surface area (Å²) in [6.45, 7) is 0.595. The van der Waals surface area contributed by atoms with Crippen LogP contribution in [0, 0.1) is 0 Å². The van der Waals surface area contributed by atoms with Crippen molar-refractivity contribution in [2.24, 2.45) is 0 Å². The predicted molar refractivity (Wildman–Crippen MR) is 53.2 cm³/mol. The minimum Gasteiger partial charge on any atom is -0.395 e. The number of rotatable bonds is 1. The SMILES string of the molecule is OC[C@@H]1[C@@H](O)[C@H](O)[C@@H](O)[C@@H]2CCCCN12. The third-order valence-electron chi connectivity index (χ3n) is 3.69. The summed E-state index contributed by atoms with van der Waals surface area (Å²) in [7, 11) is 0. The zero-order chi connectivity index (χ0) is 11.0. The molecule has 0 aliphatic carbocycles. The molecule has 0 spiro atoms. The standard InChI is InChI=1S/C10H19NO4/c12-5-7-9(14)10(15)8(13)6-3-1-2-4-11(6)7/h6-10,12-15H,1-5H2/t6-,7+,8-,9+,10+/m0/s1. The van der Waals surface area contributed by atoms with E-state index in [1.54, 1.807) is 0 Å². The third-order valence-corrected chi connectivity index (χ3v) is 3.69. The molecular weight excluding hydrogens is 198 g/mol. The molecule has 2 fully saturated rings. The van der Waals surface area contributed by atoms with Crippen LogP contribution in [0.15, 0.2) is 0 Å². The number of hydrogen-bond acceptors (Lipinski definition) is 5. The second-order valence-corrected chi connectivity index (χ2v) is 4.52. The Morgan fingerprint density at radius 3 is 2.40 bits per heavy atom. The third kappa shape index (κ3) is 1.79. The van der Waals surface area contributed by atoms with Gasteiger partial charge in [0.2, 0.25) is 0 Å². The highest BCUT2D eigenvalue weighted by atomic mass is 16.4. The highest BCUT2D eigenvalue weighted by molar-refractivity contribution is 5.01. The van der Waals surface area contributed by atoms with Gasteiger partial charge in [0, 0.05) is 6.04 Å². The van der Waals surface area contributed by atoms with Gasteiger partial charge in [-0.2, -0.15) is 0 Å². The minimum atomic E-state index is -1.14. The Morgan fingerprint density at radius 1 is 1.00 bits per heavy atom. The Balaban J connectivity index is 2.18. The first-order valence-electron chi connectivity index (χ1n) is 5.57. The van der Waals surface area contributed by atoms with Gasteiger partial charge in [-0.3, -0.25) is 4.90 Å². The molecule has 0 aromatic heterocycles. The normalized spacial score (nSPS) is 47.6. The van der Waals surface area contributed by atoms with Gasteiger partial charge >= 0.3 is 0 Å². The van der Waals surface area contributed by atoms with Crippen LogP contribution >= 0.6 is 0 Å². The fourth-order valence-corrected chi connectivity index (χ4v) is 2.82. The number of hydrogen-bond donors (Lipinski definition) is 4. The molecule has 88 valence electrons. The predicted octanol–water partition coefficient (Wildman–Crippen LogP) is -1.70. The summed E-state index contributed by atoms with van der Waals surface area (Å²) >= 11 is 0. The topological polar surface area (TPSA) is 84.2 Å². The molecule has 2 aliphatic heterocycles. The Hall–Kier alpha value is -0.200. The maximum Gasteiger partial charge on any atom is 0.109 e. The number of nitrogens with zero attached hydrogens (tertiary/aromatic N) is 1. The van der Waals surface area contributed by atoms with Crippen LogP contribution in [-0.4, -0.2) is 68.9 Å². The molecule has 0 saturated carbocycles. The fraction of sp³-hybridized carbons (Fsp3) is 1.00. The average molecular weight is 217 g/mol. The van der Waals surface area contributed by atoms with E-state index in [2.05, 4.69) is 0 Å². The lowest BCUT2D eigenvalue weighted by Crippen LogP contribution is -2.68. The average Bonchev–Trinajstić information content (AvgIpc) is 2.27.